The molecule has 0 spiro atoms. The Bertz CT molecular complexity index is 494. The smallest absolute Gasteiger partial charge is 0.0579 e. The molecule has 1 aromatic rings. The lowest BCUT2D eigenvalue weighted by atomic mass is 9.78. The van der Waals surface area contributed by atoms with Crippen LogP contribution in [0.1, 0.15) is 44.7 Å². The third kappa shape index (κ3) is 3.16. The molecule has 0 aromatic heterocycles. The summed E-state index contributed by atoms with van der Waals surface area (Å²) in [7, 11) is 0. The van der Waals surface area contributed by atoms with Crippen LogP contribution in [-0.2, 0) is 11.2 Å². The number of fused-ring (bicyclic) bond motifs is 1. The molecule has 1 heteroatoms. The van der Waals surface area contributed by atoms with Gasteiger partial charge in [-0.25, -0.2) is 0 Å². The minimum Gasteiger partial charge on any atom is -0.378 e. The third-order valence-corrected chi connectivity index (χ3v) is 3.70. The van der Waals surface area contributed by atoms with Crippen LogP contribution in [0.2, 0.25) is 0 Å². The molecule has 1 aromatic carbocycles. The number of hydrogen-bond acceptors (Lipinski definition) is 1. The summed E-state index contributed by atoms with van der Waals surface area (Å²) in [6.07, 6.45) is 5.73. The van der Waals surface area contributed by atoms with Gasteiger partial charge in [0.1, 0.15) is 0 Å². The molecular weight excluding hydrogens is 232 g/mol. The van der Waals surface area contributed by atoms with Crippen molar-refractivity contribution < 1.29 is 4.74 Å². The van der Waals surface area contributed by atoms with E-state index in [1.165, 1.54) is 22.3 Å². The zero-order valence-corrected chi connectivity index (χ0v) is 12.4. The lowest BCUT2D eigenvalue weighted by Crippen LogP contribution is -2.19. The second-order valence-corrected chi connectivity index (χ2v) is 5.55. The molecule has 0 saturated carbocycles. The van der Waals surface area contributed by atoms with E-state index in [0.717, 1.165) is 13.0 Å². The molecule has 102 valence electrons. The first-order valence-electron chi connectivity index (χ1n) is 7.15. The molecule has 0 radical (unpaired) electrons. The topological polar surface area (TPSA) is 9.23 Å². The summed E-state index contributed by atoms with van der Waals surface area (Å²) in [5.41, 5.74) is 5.78. The molecular formula is C18H24O. The van der Waals surface area contributed by atoms with E-state index in [0.29, 0.717) is 5.92 Å². The molecule has 0 heterocycles. The van der Waals surface area contributed by atoms with Crippen LogP contribution < -0.4 is 0 Å². The van der Waals surface area contributed by atoms with Crippen molar-refractivity contribution in [2.75, 3.05) is 6.61 Å². The van der Waals surface area contributed by atoms with Crippen LogP contribution in [0.25, 0.3) is 0 Å². The van der Waals surface area contributed by atoms with Crippen LogP contribution in [0.3, 0.4) is 0 Å². The van der Waals surface area contributed by atoms with Gasteiger partial charge in [-0.1, -0.05) is 42.0 Å². The Morgan fingerprint density at radius 1 is 1.32 bits per heavy atom. The predicted molar refractivity (Wildman–Crippen MR) is 81.5 cm³/mol. The van der Waals surface area contributed by atoms with Crippen molar-refractivity contribution in [1.29, 1.82) is 0 Å². The van der Waals surface area contributed by atoms with Gasteiger partial charge in [-0.15, -0.1) is 0 Å². The molecule has 1 unspecified atom stereocenters. The van der Waals surface area contributed by atoms with E-state index in [4.69, 9.17) is 4.74 Å². The van der Waals surface area contributed by atoms with E-state index in [2.05, 4.69) is 64.1 Å². The molecule has 0 fully saturated rings. The van der Waals surface area contributed by atoms with Gasteiger partial charge in [0, 0.05) is 5.92 Å². The predicted octanol–water partition coefficient (Wildman–Crippen LogP) is 4.64. The van der Waals surface area contributed by atoms with Crippen molar-refractivity contribution in [3.63, 3.8) is 0 Å². The van der Waals surface area contributed by atoms with Gasteiger partial charge in [-0.05, 0) is 50.8 Å². The van der Waals surface area contributed by atoms with Crippen LogP contribution in [0.15, 0.2) is 47.6 Å². The molecule has 1 nitrogen and oxygen atoms in total. The van der Waals surface area contributed by atoms with E-state index >= 15 is 0 Å². The SMILES string of the molecule is C/C=C\C1=C(C)Cc2ccccc2C1COC(C)C. The Morgan fingerprint density at radius 3 is 2.74 bits per heavy atom. The largest absolute Gasteiger partial charge is 0.378 e. The fraction of sp³-hybridized carbons (Fsp3) is 0.444. The summed E-state index contributed by atoms with van der Waals surface area (Å²) >= 11 is 0. The van der Waals surface area contributed by atoms with Gasteiger partial charge in [-0.2, -0.15) is 0 Å². The average molecular weight is 256 g/mol. The third-order valence-electron chi connectivity index (χ3n) is 3.70. The maximum Gasteiger partial charge on any atom is 0.0579 e. The van der Waals surface area contributed by atoms with Crippen molar-refractivity contribution in [3.8, 4) is 0 Å². The number of benzene rings is 1. The second-order valence-electron chi connectivity index (χ2n) is 5.55. The molecule has 0 bridgehead atoms. The van der Waals surface area contributed by atoms with Crippen molar-refractivity contribution in [1.82, 2.24) is 0 Å². The van der Waals surface area contributed by atoms with Gasteiger partial charge in [0.2, 0.25) is 0 Å². The van der Waals surface area contributed by atoms with Gasteiger partial charge in [-0.3, -0.25) is 0 Å². The van der Waals surface area contributed by atoms with E-state index in [1.807, 2.05) is 0 Å². The maximum atomic E-state index is 5.90. The summed E-state index contributed by atoms with van der Waals surface area (Å²) in [6, 6.07) is 8.76. The molecule has 1 atom stereocenters. The molecule has 0 aliphatic heterocycles. The van der Waals surface area contributed by atoms with Gasteiger partial charge >= 0.3 is 0 Å². The first kappa shape index (κ1) is 14.1. The van der Waals surface area contributed by atoms with Crippen molar-refractivity contribution in [2.24, 2.45) is 0 Å². The molecule has 0 amide bonds. The molecule has 1 aliphatic rings. The fourth-order valence-electron chi connectivity index (χ4n) is 2.79. The summed E-state index contributed by atoms with van der Waals surface area (Å²) in [5.74, 6) is 0.378. The van der Waals surface area contributed by atoms with E-state index in [1.54, 1.807) is 0 Å². The van der Waals surface area contributed by atoms with E-state index in [-0.39, 0.29) is 6.10 Å². The Kier molecular flexibility index (Phi) is 4.60. The zero-order chi connectivity index (χ0) is 13.8. The molecule has 0 N–H and O–H groups in total. The first-order chi connectivity index (χ1) is 9.13. The summed E-state index contributed by atoms with van der Waals surface area (Å²) in [4.78, 5) is 0. The Morgan fingerprint density at radius 2 is 2.05 bits per heavy atom. The lowest BCUT2D eigenvalue weighted by molar-refractivity contribution is 0.0727. The summed E-state index contributed by atoms with van der Waals surface area (Å²) in [5, 5.41) is 0. The Balaban J connectivity index is 2.37. The first-order valence-corrected chi connectivity index (χ1v) is 7.15. The number of allylic oxidation sites excluding steroid dienone is 3. The summed E-state index contributed by atoms with van der Waals surface area (Å²) < 4.78 is 5.90. The van der Waals surface area contributed by atoms with Crippen LogP contribution in [0.4, 0.5) is 0 Å². The highest BCUT2D eigenvalue weighted by atomic mass is 16.5. The van der Waals surface area contributed by atoms with Crippen LogP contribution in [-0.4, -0.2) is 12.7 Å². The monoisotopic (exact) mass is 256 g/mol. The number of ether oxygens (including phenoxy) is 1. The minimum absolute atomic E-state index is 0.279. The van der Waals surface area contributed by atoms with Gasteiger partial charge < -0.3 is 4.74 Å². The van der Waals surface area contributed by atoms with Crippen molar-refractivity contribution in [2.45, 2.75) is 46.1 Å². The standard InChI is InChI=1S/C18H24O/c1-5-8-16-14(4)11-15-9-6-7-10-17(15)18(16)12-19-13(2)3/h5-10,13,18H,11-12H2,1-4H3/b8-5-. The highest BCUT2D eigenvalue weighted by Crippen LogP contribution is 2.37. The fourth-order valence-corrected chi connectivity index (χ4v) is 2.79. The highest BCUT2D eigenvalue weighted by molar-refractivity contribution is 5.48. The number of hydrogen-bond donors (Lipinski definition) is 0. The molecule has 0 saturated heterocycles. The normalized spacial score (nSPS) is 19.3. The summed E-state index contributed by atoms with van der Waals surface area (Å²) in [6.45, 7) is 9.29. The zero-order valence-electron chi connectivity index (χ0n) is 12.4. The maximum absolute atomic E-state index is 5.90. The minimum atomic E-state index is 0.279. The average Bonchev–Trinajstić information content (AvgIpc) is 2.38. The molecule has 1 aliphatic carbocycles. The van der Waals surface area contributed by atoms with Crippen molar-refractivity contribution in [3.05, 3.63) is 58.7 Å². The molecule has 2 rings (SSSR count). The van der Waals surface area contributed by atoms with Crippen molar-refractivity contribution >= 4 is 0 Å². The lowest BCUT2D eigenvalue weighted by Gasteiger charge is -2.29. The van der Waals surface area contributed by atoms with E-state index < -0.39 is 0 Å². The Hall–Kier alpha value is -1.34. The molecule has 19 heavy (non-hydrogen) atoms. The number of rotatable bonds is 4. The van der Waals surface area contributed by atoms with Gasteiger partial charge in [0.05, 0.1) is 12.7 Å². The van der Waals surface area contributed by atoms with E-state index in [9.17, 15) is 0 Å². The highest BCUT2D eigenvalue weighted by Gasteiger charge is 2.24. The quantitative estimate of drug-likeness (QED) is 0.762. The van der Waals surface area contributed by atoms with Gasteiger partial charge in [0.25, 0.3) is 0 Å². The second kappa shape index (κ2) is 6.21. The van der Waals surface area contributed by atoms with Crippen LogP contribution in [0, 0.1) is 0 Å². The van der Waals surface area contributed by atoms with Crippen LogP contribution >= 0.6 is 0 Å². The van der Waals surface area contributed by atoms with Gasteiger partial charge in [0.15, 0.2) is 0 Å². The Labute approximate surface area is 117 Å². The van der Waals surface area contributed by atoms with Crippen LogP contribution in [0.5, 0.6) is 0 Å².